The maximum atomic E-state index is 14.5. The summed E-state index contributed by atoms with van der Waals surface area (Å²) in [6.45, 7) is 0.910. The largest absolute Gasteiger partial charge is 0.350 e. The highest BCUT2D eigenvalue weighted by atomic mass is 35.5. The monoisotopic (exact) mass is 559 g/mol. The molecule has 2 amide bonds. The van der Waals surface area contributed by atoms with Crippen molar-refractivity contribution in [2.75, 3.05) is 13.1 Å². The molecule has 202 valence electrons. The molecule has 3 N–H and O–H groups in total. The highest BCUT2D eigenvalue weighted by Gasteiger charge is 2.45. The van der Waals surface area contributed by atoms with Gasteiger partial charge in [0.1, 0.15) is 11.9 Å². The van der Waals surface area contributed by atoms with Crippen molar-refractivity contribution < 1.29 is 14.0 Å². The topological polar surface area (TPSA) is 102 Å². The minimum Gasteiger partial charge on any atom is -0.350 e. The summed E-state index contributed by atoms with van der Waals surface area (Å²) < 4.78 is 14.5. The molecule has 1 unspecified atom stereocenters. The lowest BCUT2D eigenvalue weighted by Gasteiger charge is -2.32. The molecule has 2 aromatic rings. The average molecular weight is 561 g/mol. The van der Waals surface area contributed by atoms with Gasteiger partial charge in [-0.05, 0) is 43.7 Å². The number of carbonyl (C=O) groups is 2. The summed E-state index contributed by atoms with van der Waals surface area (Å²) in [4.78, 5) is 31.0. The van der Waals surface area contributed by atoms with E-state index in [9.17, 15) is 19.2 Å². The second-order valence-corrected chi connectivity index (χ2v) is 10.8. The SMILES string of the molecule is N#CCC[C@H](C(=O)NCc1ccc(Cl)c(Cl)c1F)N1CCC(CCc2ccccc2)N2C[C@H](N)C[C@H]2C1=O. The van der Waals surface area contributed by atoms with Gasteiger partial charge in [-0.25, -0.2) is 4.39 Å². The van der Waals surface area contributed by atoms with Crippen molar-refractivity contribution in [2.45, 2.75) is 69.2 Å². The van der Waals surface area contributed by atoms with Gasteiger partial charge in [-0.2, -0.15) is 5.26 Å². The first-order chi connectivity index (χ1) is 18.3. The normalized spacial score (nSPS) is 22.4. The van der Waals surface area contributed by atoms with Gasteiger partial charge < -0.3 is 16.0 Å². The number of aryl methyl sites for hydroxylation is 1. The molecule has 4 atom stereocenters. The summed E-state index contributed by atoms with van der Waals surface area (Å²) in [5, 5.41) is 11.9. The zero-order valence-electron chi connectivity index (χ0n) is 21.1. The van der Waals surface area contributed by atoms with Crippen LogP contribution in [-0.2, 0) is 22.6 Å². The lowest BCUT2D eigenvalue weighted by molar-refractivity contribution is -0.143. The number of nitrogens with one attached hydrogen (secondary N) is 1. The van der Waals surface area contributed by atoms with E-state index in [-0.39, 0.29) is 53.0 Å². The number of halogens is 3. The molecule has 2 aliphatic heterocycles. The van der Waals surface area contributed by atoms with E-state index in [0.29, 0.717) is 25.9 Å². The Kier molecular flexibility index (Phi) is 9.61. The third-order valence-electron chi connectivity index (χ3n) is 7.50. The third-order valence-corrected chi connectivity index (χ3v) is 8.28. The minimum atomic E-state index is -0.848. The summed E-state index contributed by atoms with van der Waals surface area (Å²) in [5.74, 6) is -1.27. The minimum absolute atomic E-state index is 0.0856. The van der Waals surface area contributed by atoms with Gasteiger partial charge in [-0.1, -0.05) is 59.6 Å². The first-order valence-corrected chi connectivity index (χ1v) is 13.7. The predicted octanol–water partition coefficient (Wildman–Crippen LogP) is 4.06. The van der Waals surface area contributed by atoms with Crippen LogP contribution in [0.3, 0.4) is 0 Å². The van der Waals surface area contributed by atoms with Crippen molar-refractivity contribution in [3.63, 3.8) is 0 Å². The highest BCUT2D eigenvalue weighted by molar-refractivity contribution is 6.42. The summed E-state index contributed by atoms with van der Waals surface area (Å²) in [6, 6.07) is 14.0. The van der Waals surface area contributed by atoms with E-state index in [1.165, 1.54) is 17.7 Å². The number of nitriles is 1. The van der Waals surface area contributed by atoms with Crippen LogP contribution < -0.4 is 11.1 Å². The Morgan fingerprint density at radius 1 is 1.24 bits per heavy atom. The van der Waals surface area contributed by atoms with Gasteiger partial charge in [0, 0.05) is 43.7 Å². The molecule has 0 radical (unpaired) electrons. The van der Waals surface area contributed by atoms with E-state index in [4.69, 9.17) is 28.9 Å². The number of hydrogen-bond donors (Lipinski definition) is 2. The van der Waals surface area contributed by atoms with Crippen LogP contribution in [0.5, 0.6) is 0 Å². The number of hydrogen-bond acceptors (Lipinski definition) is 5. The molecule has 2 aromatic carbocycles. The Morgan fingerprint density at radius 2 is 2.00 bits per heavy atom. The quantitative estimate of drug-likeness (QED) is 0.451. The Morgan fingerprint density at radius 3 is 2.74 bits per heavy atom. The molecule has 2 aliphatic rings. The fourth-order valence-corrected chi connectivity index (χ4v) is 5.86. The van der Waals surface area contributed by atoms with Gasteiger partial charge in [0.2, 0.25) is 11.8 Å². The Balaban J connectivity index is 1.51. The molecular formula is C28H32Cl2FN5O2. The lowest BCUT2D eigenvalue weighted by atomic mass is 10.0. The molecule has 2 heterocycles. The third kappa shape index (κ3) is 6.47. The van der Waals surface area contributed by atoms with Crippen molar-refractivity contribution in [1.29, 1.82) is 5.26 Å². The Hall–Kier alpha value is -2.70. The highest BCUT2D eigenvalue weighted by Crippen LogP contribution is 2.31. The molecule has 0 aromatic heterocycles. The molecule has 2 saturated heterocycles. The number of rotatable bonds is 9. The molecular weight excluding hydrogens is 528 g/mol. The molecule has 10 heteroatoms. The summed E-state index contributed by atoms with van der Waals surface area (Å²) in [7, 11) is 0. The van der Waals surface area contributed by atoms with Gasteiger partial charge in [0.05, 0.1) is 22.2 Å². The van der Waals surface area contributed by atoms with Gasteiger partial charge in [0.25, 0.3) is 0 Å². The van der Waals surface area contributed by atoms with E-state index >= 15 is 0 Å². The molecule has 0 spiro atoms. The van der Waals surface area contributed by atoms with E-state index in [2.05, 4.69) is 28.4 Å². The standard InChI is InChI=1S/C28H32Cl2FN5O2/c29-22-11-9-19(26(31)25(22)30)16-34-27(37)23(7-4-13-32)35-14-12-21(10-8-18-5-2-1-3-6-18)36-17-20(33)15-24(36)28(35)38/h1-3,5-6,9,11,20-21,23-24H,4,7-8,10,12,14-17,33H2,(H,34,37)/t20-,21?,23-,24+/m1/s1. The number of nitrogens with zero attached hydrogens (tertiary/aromatic N) is 3. The maximum absolute atomic E-state index is 14.5. The lowest BCUT2D eigenvalue weighted by Crippen LogP contribution is -2.53. The number of nitrogens with two attached hydrogens (primary N) is 1. The van der Waals surface area contributed by atoms with Crippen LogP contribution in [-0.4, -0.2) is 58.9 Å². The van der Waals surface area contributed by atoms with E-state index < -0.39 is 23.8 Å². The molecule has 0 bridgehead atoms. The van der Waals surface area contributed by atoms with E-state index in [0.717, 1.165) is 12.8 Å². The van der Waals surface area contributed by atoms with Crippen LogP contribution in [0.25, 0.3) is 0 Å². The van der Waals surface area contributed by atoms with Crippen molar-refractivity contribution in [3.8, 4) is 6.07 Å². The van der Waals surface area contributed by atoms with Gasteiger partial charge >= 0.3 is 0 Å². The van der Waals surface area contributed by atoms with E-state index in [1.54, 1.807) is 4.90 Å². The number of benzene rings is 2. The van der Waals surface area contributed by atoms with Crippen LogP contribution in [0.1, 0.15) is 43.2 Å². The number of carbonyl (C=O) groups excluding carboxylic acids is 2. The van der Waals surface area contributed by atoms with Crippen molar-refractivity contribution in [1.82, 2.24) is 15.1 Å². The van der Waals surface area contributed by atoms with E-state index in [1.807, 2.05) is 18.2 Å². The van der Waals surface area contributed by atoms with Crippen molar-refractivity contribution in [2.24, 2.45) is 5.73 Å². The molecule has 4 rings (SSSR count). The summed E-state index contributed by atoms with van der Waals surface area (Å²) in [6.07, 6.45) is 3.27. The fourth-order valence-electron chi connectivity index (χ4n) is 5.53. The first-order valence-electron chi connectivity index (χ1n) is 12.9. The van der Waals surface area contributed by atoms with Crippen molar-refractivity contribution >= 4 is 35.0 Å². The average Bonchev–Trinajstić information content (AvgIpc) is 3.26. The van der Waals surface area contributed by atoms with Crippen LogP contribution in [0.15, 0.2) is 42.5 Å². The van der Waals surface area contributed by atoms with Gasteiger partial charge in [0.15, 0.2) is 0 Å². The second kappa shape index (κ2) is 12.9. The zero-order chi connectivity index (χ0) is 27.2. The summed E-state index contributed by atoms with van der Waals surface area (Å²) in [5.41, 5.74) is 7.72. The van der Waals surface area contributed by atoms with Crippen LogP contribution in [0.2, 0.25) is 10.0 Å². The fraction of sp³-hybridized carbons (Fsp3) is 0.464. The Bertz CT molecular complexity index is 1190. The van der Waals surface area contributed by atoms with Gasteiger partial charge in [-0.3, -0.25) is 14.5 Å². The van der Waals surface area contributed by atoms with Crippen LogP contribution >= 0.6 is 23.2 Å². The molecule has 0 saturated carbocycles. The summed E-state index contributed by atoms with van der Waals surface area (Å²) >= 11 is 11.8. The second-order valence-electron chi connectivity index (χ2n) is 9.97. The molecule has 2 fully saturated rings. The van der Waals surface area contributed by atoms with Gasteiger partial charge in [-0.15, -0.1) is 0 Å². The van der Waals surface area contributed by atoms with Crippen LogP contribution in [0, 0.1) is 17.1 Å². The molecule has 7 nitrogen and oxygen atoms in total. The number of amides is 2. The zero-order valence-corrected chi connectivity index (χ0v) is 22.6. The molecule has 0 aliphatic carbocycles. The first kappa shape index (κ1) is 28.3. The number of fused-ring (bicyclic) bond motifs is 1. The van der Waals surface area contributed by atoms with Crippen LogP contribution in [0.4, 0.5) is 4.39 Å². The molecule has 38 heavy (non-hydrogen) atoms. The maximum Gasteiger partial charge on any atom is 0.243 e. The smallest absolute Gasteiger partial charge is 0.243 e. The van der Waals surface area contributed by atoms with Crippen molar-refractivity contribution in [3.05, 3.63) is 69.5 Å². The Labute approximate surface area is 232 Å². The predicted molar refractivity (Wildman–Crippen MR) is 145 cm³/mol.